The zero-order valence-electron chi connectivity index (χ0n) is 10.1. The first-order valence-corrected chi connectivity index (χ1v) is 6.55. The molecule has 0 aromatic heterocycles. The molecule has 1 unspecified atom stereocenters. The van der Waals surface area contributed by atoms with Gasteiger partial charge in [-0.25, -0.2) is 0 Å². The van der Waals surface area contributed by atoms with Crippen molar-refractivity contribution in [2.45, 2.75) is 13.0 Å². The highest BCUT2D eigenvalue weighted by atomic mass is 79.9. The van der Waals surface area contributed by atoms with Gasteiger partial charge in [-0.2, -0.15) is 0 Å². The molecule has 0 radical (unpaired) electrons. The molecule has 18 heavy (non-hydrogen) atoms. The molecule has 3 N–H and O–H groups in total. The number of hydrogen-bond donors (Lipinski definition) is 2. The van der Waals surface area contributed by atoms with E-state index in [1.54, 1.807) is 0 Å². The molecule has 98 valence electrons. The maximum atomic E-state index is 8.68. The quantitative estimate of drug-likeness (QED) is 0.378. The van der Waals surface area contributed by atoms with Crippen LogP contribution in [0.3, 0.4) is 0 Å². The van der Waals surface area contributed by atoms with Crippen molar-refractivity contribution in [2.24, 2.45) is 10.9 Å². The number of hydrogen-bond acceptors (Lipinski definition) is 4. The molecule has 1 aliphatic heterocycles. The average Bonchev–Trinajstić information content (AvgIpc) is 2.37. The number of nitrogens with two attached hydrogens (primary N) is 1. The Kier molecular flexibility index (Phi) is 4.08. The molecule has 1 aliphatic rings. The van der Waals surface area contributed by atoms with Gasteiger partial charge in [0.1, 0.15) is 0 Å². The third-order valence-electron chi connectivity index (χ3n) is 2.94. The molecule has 1 atom stereocenters. The number of amidine groups is 1. The highest BCUT2D eigenvalue weighted by Gasteiger charge is 2.18. The fraction of sp³-hybridized carbons (Fsp3) is 0.417. The standard InChI is InChI=1S/C12H16BrN3O2/c1-8-7-16(4-5-18-8)9-2-3-10(11(13)6-9)12(14)15-17/h2-3,6,8,17H,4-5,7H2,1H3,(H2,14,15). The van der Waals surface area contributed by atoms with E-state index >= 15 is 0 Å². The van der Waals surface area contributed by atoms with Gasteiger partial charge in [0, 0.05) is 28.8 Å². The van der Waals surface area contributed by atoms with Gasteiger partial charge in [-0.1, -0.05) is 5.16 Å². The largest absolute Gasteiger partial charge is 0.409 e. The second-order valence-electron chi connectivity index (χ2n) is 4.28. The minimum Gasteiger partial charge on any atom is -0.409 e. The van der Waals surface area contributed by atoms with Crippen LogP contribution in [0.1, 0.15) is 12.5 Å². The number of benzene rings is 1. The molecule has 1 heterocycles. The molecule has 1 aromatic rings. The van der Waals surface area contributed by atoms with Crippen molar-refractivity contribution in [3.8, 4) is 0 Å². The number of oxime groups is 1. The smallest absolute Gasteiger partial charge is 0.171 e. The lowest BCUT2D eigenvalue weighted by Gasteiger charge is -2.33. The van der Waals surface area contributed by atoms with Crippen LogP contribution in [0.4, 0.5) is 5.69 Å². The summed E-state index contributed by atoms with van der Waals surface area (Å²) in [5.41, 5.74) is 7.37. The number of nitrogens with zero attached hydrogens (tertiary/aromatic N) is 2. The molecule has 6 heteroatoms. The van der Waals surface area contributed by atoms with Crippen LogP contribution >= 0.6 is 15.9 Å². The Bertz CT molecular complexity index is 465. The Balaban J connectivity index is 2.23. The Morgan fingerprint density at radius 1 is 1.61 bits per heavy atom. The number of halogens is 1. The van der Waals surface area contributed by atoms with Crippen LogP contribution in [0.5, 0.6) is 0 Å². The van der Waals surface area contributed by atoms with Crippen molar-refractivity contribution in [2.75, 3.05) is 24.6 Å². The summed E-state index contributed by atoms with van der Waals surface area (Å²) in [5.74, 6) is 0.101. The molecule has 0 saturated carbocycles. The Morgan fingerprint density at radius 3 is 3.00 bits per heavy atom. The van der Waals surface area contributed by atoms with Crippen molar-refractivity contribution in [3.63, 3.8) is 0 Å². The molecule has 5 nitrogen and oxygen atoms in total. The van der Waals surface area contributed by atoms with E-state index in [4.69, 9.17) is 15.7 Å². The maximum Gasteiger partial charge on any atom is 0.171 e. The van der Waals surface area contributed by atoms with Crippen molar-refractivity contribution in [1.82, 2.24) is 0 Å². The lowest BCUT2D eigenvalue weighted by molar-refractivity contribution is 0.0532. The summed E-state index contributed by atoms with van der Waals surface area (Å²) in [6, 6.07) is 5.79. The summed E-state index contributed by atoms with van der Waals surface area (Å²) >= 11 is 3.44. The third-order valence-corrected chi connectivity index (χ3v) is 3.60. The predicted octanol–water partition coefficient (Wildman–Crippen LogP) is 1.77. The van der Waals surface area contributed by atoms with Gasteiger partial charge in [-0.05, 0) is 41.1 Å². The van der Waals surface area contributed by atoms with Gasteiger partial charge in [0.15, 0.2) is 5.84 Å². The van der Waals surface area contributed by atoms with Crippen molar-refractivity contribution in [1.29, 1.82) is 0 Å². The molecular formula is C12H16BrN3O2. The van der Waals surface area contributed by atoms with Crippen LogP contribution in [0.2, 0.25) is 0 Å². The van der Waals surface area contributed by atoms with Crippen molar-refractivity contribution < 1.29 is 9.94 Å². The lowest BCUT2D eigenvalue weighted by atomic mass is 10.1. The number of anilines is 1. The molecule has 0 amide bonds. The monoisotopic (exact) mass is 313 g/mol. The van der Waals surface area contributed by atoms with Gasteiger partial charge >= 0.3 is 0 Å². The summed E-state index contributed by atoms with van der Waals surface area (Å²) in [6.45, 7) is 4.54. The fourth-order valence-corrected chi connectivity index (χ4v) is 2.59. The molecular weight excluding hydrogens is 298 g/mol. The van der Waals surface area contributed by atoms with E-state index in [0.29, 0.717) is 5.56 Å². The number of morpholine rings is 1. The minimum absolute atomic E-state index is 0.101. The summed E-state index contributed by atoms with van der Waals surface area (Å²) < 4.78 is 6.33. The van der Waals surface area contributed by atoms with Crippen molar-refractivity contribution >= 4 is 27.5 Å². The zero-order valence-corrected chi connectivity index (χ0v) is 11.7. The molecule has 1 fully saturated rings. The molecule has 1 aromatic carbocycles. The van der Waals surface area contributed by atoms with E-state index in [9.17, 15) is 0 Å². The zero-order chi connectivity index (χ0) is 13.1. The first-order chi connectivity index (χ1) is 8.61. The summed E-state index contributed by atoms with van der Waals surface area (Å²) in [4.78, 5) is 2.26. The molecule has 0 aliphatic carbocycles. The summed E-state index contributed by atoms with van der Waals surface area (Å²) in [5, 5.41) is 11.7. The number of ether oxygens (including phenoxy) is 1. The number of rotatable bonds is 2. The summed E-state index contributed by atoms with van der Waals surface area (Å²) in [6.07, 6.45) is 0.237. The van der Waals surface area contributed by atoms with E-state index in [0.717, 1.165) is 29.9 Å². The van der Waals surface area contributed by atoms with E-state index < -0.39 is 0 Å². The van der Waals surface area contributed by atoms with Crippen LogP contribution in [-0.2, 0) is 4.74 Å². The molecule has 0 bridgehead atoms. The average molecular weight is 314 g/mol. The van der Waals surface area contributed by atoms with E-state index in [1.807, 2.05) is 18.2 Å². The Morgan fingerprint density at radius 2 is 2.39 bits per heavy atom. The van der Waals surface area contributed by atoms with Crippen LogP contribution in [0, 0.1) is 0 Å². The SMILES string of the molecule is CC1CN(c2ccc(/C(N)=N/O)c(Br)c2)CCO1. The highest BCUT2D eigenvalue weighted by molar-refractivity contribution is 9.10. The molecule has 1 saturated heterocycles. The Labute approximate surface area is 114 Å². The van der Waals surface area contributed by atoms with Gasteiger partial charge in [0.2, 0.25) is 0 Å². The second-order valence-corrected chi connectivity index (χ2v) is 5.13. The third kappa shape index (κ3) is 2.76. The summed E-state index contributed by atoms with van der Waals surface area (Å²) in [7, 11) is 0. The minimum atomic E-state index is 0.101. The first kappa shape index (κ1) is 13.2. The predicted molar refractivity (Wildman–Crippen MR) is 74.3 cm³/mol. The van der Waals surface area contributed by atoms with Gasteiger partial charge < -0.3 is 20.6 Å². The van der Waals surface area contributed by atoms with Gasteiger partial charge in [-0.3, -0.25) is 0 Å². The fourth-order valence-electron chi connectivity index (χ4n) is 2.02. The molecule has 2 rings (SSSR count). The van der Waals surface area contributed by atoms with E-state index in [1.165, 1.54) is 0 Å². The topological polar surface area (TPSA) is 71.1 Å². The second kappa shape index (κ2) is 5.58. The highest BCUT2D eigenvalue weighted by Crippen LogP contribution is 2.25. The Hall–Kier alpha value is -1.27. The van der Waals surface area contributed by atoms with Gasteiger partial charge in [0.05, 0.1) is 12.7 Å². The van der Waals surface area contributed by atoms with Crippen LogP contribution in [-0.4, -0.2) is 36.8 Å². The van der Waals surface area contributed by atoms with Crippen LogP contribution in [0.15, 0.2) is 27.8 Å². The van der Waals surface area contributed by atoms with Gasteiger partial charge in [0.25, 0.3) is 0 Å². The first-order valence-electron chi connectivity index (χ1n) is 5.76. The normalized spacial score (nSPS) is 21.1. The maximum absolute atomic E-state index is 8.68. The van der Waals surface area contributed by atoms with Crippen LogP contribution in [0.25, 0.3) is 0 Å². The molecule has 0 spiro atoms. The van der Waals surface area contributed by atoms with E-state index in [2.05, 4.69) is 32.9 Å². The van der Waals surface area contributed by atoms with Crippen molar-refractivity contribution in [3.05, 3.63) is 28.2 Å². The van der Waals surface area contributed by atoms with E-state index in [-0.39, 0.29) is 11.9 Å². The van der Waals surface area contributed by atoms with Crippen LogP contribution < -0.4 is 10.6 Å². The van der Waals surface area contributed by atoms with Gasteiger partial charge in [-0.15, -0.1) is 0 Å². The lowest BCUT2D eigenvalue weighted by Crippen LogP contribution is -2.41.